The van der Waals surface area contributed by atoms with Crippen LogP contribution in [0.5, 0.6) is 5.75 Å². The van der Waals surface area contributed by atoms with Crippen LogP contribution >= 0.6 is 0 Å². The molecule has 86 valence electrons. The Kier molecular flexibility index (Phi) is 3.28. The summed E-state index contributed by atoms with van der Waals surface area (Å²) >= 11 is 0. The van der Waals surface area contributed by atoms with E-state index in [0.717, 1.165) is 23.8 Å². The third kappa shape index (κ3) is 2.26. The second-order valence-corrected chi connectivity index (χ2v) is 4.82. The van der Waals surface area contributed by atoms with Gasteiger partial charge >= 0.3 is 0 Å². The number of carbonyl (C=O) groups excluding carboxylic acids is 1. The van der Waals surface area contributed by atoms with E-state index in [1.807, 2.05) is 13.0 Å². The number of aldehydes is 1. The molecule has 2 nitrogen and oxygen atoms in total. The van der Waals surface area contributed by atoms with E-state index in [4.69, 9.17) is 0 Å². The van der Waals surface area contributed by atoms with Crippen molar-refractivity contribution in [1.82, 2.24) is 0 Å². The number of phenolic OH excluding ortho intramolecular Hbond substituents is 1. The number of hydrogen-bond donors (Lipinski definition) is 1. The highest BCUT2D eigenvalue weighted by Gasteiger charge is 2.19. The van der Waals surface area contributed by atoms with E-state index < -0.39 is 0 Å². The molecule has 1 aliphatic rings. The zero-order valence-electron chi connectivity index (χ0n) is 9.70. The molecule has 0 aromatic heterocycles. The molecule has 16 heavy (non-hydrogen) atoms. The minimum absolute atomic E-state index is 0.286. The van der Waals surface area contributed by atoms with Gasteiger partial charge in [-0.15, -0.1) is 0 Å². The monoisotopic (exact) mass is 218 g/mol. The lowest BCUT2D eigenvalue weighted by Crippen LogP contribution is -2.03. The van der Waals surface area contributed by atoms with Gasteiger partial charge in [-0.3, -0.25) is 4.79 Å². The van der Waals surface area contributed by atoms with Crippen LogP contribution in [0.15, 0.2) is 12.1 Å². The highest BCUT2D eigenvalue weighted by molar-refractivity contribution is 5.79. The average molecular weight is 218 g/mol. The molecule has 1 aromatic rings. The minimum Gasteiger partial charge on any atom is -0.508 e. The van der Waals surface area contributed by atoms with E-state index in [1.54, 1.807) is 6.07 Å². The highest BCUT2D eigenvalue weighted by atomic mass is 16.3. The number of phenols is 1. The zero-order chi connectivity index (χ0) is 11.5. The SMILES string of the molecule is Cc1cc(O)c(CC2CCCC2)c(C=O)c1. The van der Waals surface area contributed by atoms with Crippen LogP contribution in [0, 0.1) is 12.8 Å². The molecule has 1 fully saturated rings. The van der Waals surface area contributed by atoms with Crippen molar-refractivity contribution in [3.63, 3.8) is 0 Å². The van der Waals surface area contributed by atoms with Crippen molar-refractivity contribution in [1.29, 1.82) is 0 Å². The topological polar surface area (TPSA) is 37.3 Å². The molecule has 2 rings (SSSR count). The second kappa shape index (κ2) is 4.69. The predicted octanol–water partition coefficient (Wildman–Crippen LogP) is 3.25. The zero-order valence-corrected chi connectivity index (χ0v) is 9.70. The first-order chi connectivity index (χ1) is 7.70. The van der Waals surface area contributed by atoms with Gasteiger partial charge in [0.05, 0.1) is 0 Å². The molecule has 0 spiro atoms. The summed E-state index contributed by atoms with van der Waals surface area (Å²) in [6.07, 6.45) is 6.73. The standard InChI is InChI=1S/C14H18O2/c1-10-6-12(9-15)13(14(16)7-10)8-11-4-2-3-5-11/h6-7,9,11,16H,2-5,8H2,1H3. The second-order valence-electron chi connectivity index (χ2n) is 4.82. The average Bonchev–Trinajstić information content (AvgIpc) is 2.74. The maximum absolute atomic E-state index is 11.0. The van der Waals surface area contributed by atoms with Crippen LogP contribution in [0.2, 0.25) is 0 Å². The van der Waals surface area contributed by atoms with Gasteiger partial charge in [-0.2, -0.15) is 0 Å². The van der Waals surface area contributed by atoms with E-state index in [-0.39, 0.29) is 5.75 Å². The molecule has 0 atom stereocenters. The van der Waals surface area contributed by atoms with Crippen LogP contribution in [0.1, 0.15) is 47.2 Å². The van der Waals surface area contributed by atoms with Gasteiger partial charge in [-0.05, 0) is 37.0 Å². The molecule has 0 aliphatic heterocycles. The Labute approximate surface area is 96.3 Å². The number of benzene rings is 1. The van der Waals surface area contributed by atoms with Crippen LogP contribution in [0.4, 0.5) is 0 Å². The molecular weight excluding hydrogens is 200 g/mol. The van der Waals surface area contributed by atoms with Crippen molar-refractivity contribution < 1.29 is 9.90 Å². The summed E-state index contributed by atoms with van der Waals surface area (Å²) in [5, 5.41) is 9.90. The van der Waals surface area contributed by atoms with E-state index >= 15 is 0 Å². The van der Waals surface area contributed by atoms with Crippen LogP contribution in [-0.2, 0) is 6.42 Å². The van der Waals surface area contributed by atoms with Crippen molar-refractivity contribution in [2.24, 2.45) is 5.92 Å². The first-order valence-corrected chi connectivity index (χ1v) is 5.98. The van der Waals surface area contributed by atoms with Gasteiger partial charge in [0.1, 0.15) is 12.0 Å². The van der Waals surface area contributed by atoms with E-state index in [1.165, 1.54) is 25.7 Å². The summed E-state index contributed by atoms with van der Waals surface area (Å²) < 4.78 is 0. The number of carbonyl (C=O) groups is 1. The largest absolute Gasteiger partial charge is 0.508 e. The molecule has 0 bridgehead atoms. The lowest BCUT2D eigenvalue weighted by molar-refractivity contribution is 0.112. The summed E-state index contributed by atoms with van der Waals surface area (Å²) in [5.74, 6) is 0.932. The predicted molar refractivity (Wildman–Crippen MR) is 63.9 cm³/mol. The van der Waals surface area contributed by atoms with Crippen molar-refractivity contribution in [2.75, 3.05) is 0 Å². The quantitative estimate of drug-likeness (QED) is 0.791. The van der Waals surface area contributed by atoms with Gasteiger partial charge in [0.25, 0.3) is 0 Å². The normalized spacial score (nSPS) is 16.6. The van der Waals surface area contributed by atoms with Crippen molar-refractivity contribution in [3.8, 4) is 5.75 Å². The smallest absolute Gasteiger partial charge is 0.150 e. The summed E-state index contributed by atoms with van der Waals surface area (Å²) in [6.45, 7) is 1.89. The molecule has 2 heteroatoms. The van der Waals surface area contributed by atoms with Crippen LogP contribution in [0.3, 0.4) is 0 Å². The lowest BCUT2D eigenvalue weighted by atomic mass is 9.93. The van der Waals surface area contributed by atoms with E-state index in [2.05, 4.69) is 0 Å². The number of hydrogen-bond acceptors (Lipinski definition) is 2. The Balaban J connectivity index is 2.27. The first-order valence-electron chi connectivity index (χ1n) is 5.98. The number of rotatable bonds is 3. The molecule has 0 unspecified atom stereocenters. The maximum atomic E-state index is 11.0. The fourth-order valence-corrected chi connectivity index (χ4v) is 2.66. The molecule has 1 aliphatic carbocycles. The molecule has 0 amide bonds. The van der Waals surface area contributed by atoms with Crippen LogP contribution < -0.4 is 0 Å². The minimum atomic E-state index is 0.286. The maximum Gasteiger partial charge on any atom is 0.150 e. The Morgan fingerprint density at radius 1 is 1.38 bits per heavy atom. The Morgan fingerprint density at radius 2 is 2.06 bits per heavy atom. The molecular formula is C14H18O2. The molecule has 0 radical (unpaired) electrons. The first kappa shape index (κ1) is 11.2. The lowest BCUT2D eigenvalue weighted by Gasteiger charge is -2.13. The van der Waals surface area contributed by atoms with Crippen LogP contribution in [0.25, 0.3) is 0 Å². The Hall–Kier alpha value is -1.31. The summed E-state index contributed by atoms with van der Waals surface area (Å²) in [5.41, 5.74) is 2.44. The number of aromatic hydroxyl groups is 1. The van der Waals surface area contributed by atoms with E-state index in [9.17, 15) is 9.90 Å². The summed E-state index contributed by atoms with van der Waals surface area (Å²) in [6, 6.07) is 3.61. The molecule has 0 heterocycles. The molecule has 1 aromatic carbocycles. The van der Waals surface area contributed by atoms with Crippen molar-refractivity contribution in [2.45, 2.75) is 39.0 Å². The third-order valence-corrected chi connectivity index (χ3v) is 3.50. The van der Waals surface area contributed by atoms with Gasteiger partial charge in [0.2, 0.25) is 0 Å². The molecule has 1 saturated carbocycles. The van der Waals surface area contributed by atoms with Gasteiger partial charge in [-0.1, -0.05) is 25.7 Å². The third-order valence-electron chi connectivity index (χ3n) is 3.50. The summed E-state index contributed by atoms with van der Waals surface area (Å²) in [7, 11) is 0. The fourth-order valence-electron chi connectivity index (χ4n) is 2.66. The highest BCUT2D eigenvalue weighted by Crippen LogP contribution is 2.32. The van der Waals surface area contributed by atoms with Crippen LogP contribution in [-0.4, -0.2) is 11.4 Å². The molecule has 1 N–H and O–H groups in total. The van der Waals surface area contributed by atoms with Gasteiger partial charge < -0.3 is 5.11 Å². The number of aryl methyl sites for hydroxylation is 1. The van der Waals surface area contributed by atoms with Crippen molar-refractivity contribution in [3.05, 3.63) is 28.8 Å². The van der Waals surface area contributed by atoms with Gasteiger partial charge in [-0.25, -0.2) is 0 Å². The Bertz CT molecular complexity index is 390. The van der Waals surface area contributed by atoms with E-state index in [0.29, 0.717) is 11.5 Å². The van der Waals surface area contributed by atoms with Gasteiger partial charge in [0, 0.05) is 11.1 Å². The van der Waals surface area contributed by atoms with Crippen molar-refractivity contribution >= 4 is 6.29 Å². The molecule has 0 saturated heterocycles. The summed E-state index contributed by atoms with van der Waals surface area (Å²) in [4.78, 5) is 11.0. The fraction of sp³-hybridized carbons (Fsp3) is 0.500. The van der Waals surface area contributed by atoms with Gasteiger partial charge in [0.15, 0.2) is 0 Å². The Morgan fingerprint density at radius 3 is 2.69 bits per heavy atom.